The van der Waals surface area contributed by atoms with Crippen molar-refractivity contribution in [2.75, 3.05) is 7.11 Å². The van der Waals surface area contributed by atoms with Crippen LogP contribution in [-0.4, -0.2) is 28.7 Å². The third-order valence-electron chi connectivity index (χ3n) is 4.94. The van der Waals surface area contributed by atoms with Crippen LogP contribution in [0.15, 0.2) is 70.6 Å². The van der Waals surface area contributed by atoms with Crippen LogP contribution >= 0.6 is 11.8 Å². The number of carbonyl (C=O) groups is 2. The molecule has 0 unspecified atom stereocenters. The minimum absolute atomic E-state index is 0.160. The number of nitrogens with one attached hydrogen (secondary N) is 1. The fourth-order valence-electron chi connectivity index (χ4n) is 3.44. The molecule has 1 amide bonds. The van der Waals surface area contributed by atoms with Crippen LogP contribution in [0.2, 0.25) is 0 Å². The second kappa shape index (κ2) is 8.65. The van der Waals surface area contributed by atoms with Crippen LogP contribution in [0.5, 0.6) is 0 Å². The number of aryl methyl sites for hydroxylation is 1. The number of hydrogen-bond acceptors (Lipinski definition) is 5. The molecule has 1 fully saturated rings. The lowest BCUT2D eigenvalue weighted by Gasteiger charge is -2.10. The van der Waals surface area contributed by atoms with Gasteiger partial charge in [-0.25, -0.2) is 9.79 Å². The quantitative estimate of drug-likeness (QED) is 0.477. The molecule has 0 spiro atoms. The van der Waals surface area contributed by atoms with Gasteiger partial charge in [0.25, 0.3) is 5.91 Å². The average Bonchev–Trinajstić information content (AvgIpc) is 3.26. The Hall–Kier alpha value is -3.58. The maximum atomic E-state index is 12.5. The van der Waals surface area contributed by atoms with Crippen molar-refractivity contribution in [3.63, 3.8) is 0 Å². The average molecular weight is 432 g/mol. The Bertz CT molecular complexity index is 1210. The van der Waals surface area contributed by atoms with Gasteiger partial charge in [-0.05, 0) is 79.7 Å². The summed E-state index contributed by atoms with van der Waals surface area (Å²) in [4.78, 5) is 29.2. The number of carbonyl (C=O) groups excluding carboxylic acids is 2. The Morgan fingerprint density at radius 1 is 1.10 bits per heavy atom. The van der Waals surface area contributed by atoms with E-state index in [0.717, 1.165) is 28.3 Å². The van der Waals surface area contributed by atoms with Gasteiger partial charge in [-0.2, -0.15) is 0 Å². The van der Waals surface area contributed by atoms with Crippen molar-refractivity contribution >= 4 is 40.6 Å². The molecule has 1 N–H and O–H groups in total. The number of para-hydroxylation sites is 1. The molecule has 0 bridgehead atoms. The van der Waals surface area contributed by atoms with E-state index in [1.807, 2.05) is 68.5 Å². The number of amides is 1. The van der Waals surface area contributed by atoms with Crippen molar-refractivity contribution in [3.8, 4) is 5.69 Å². The molecular formula is C24H21N3O3S. The molecule has 1 saturated heterocycles. The zero-order valence-electron chi connectivity index (χ0n) is 17.4. The van der Waals surface area contributed by atoms with E-state index in [4.69, 9.17) is 4.74 Å². The number of methoxy groups -OCH3 is 1. The van der Waals surface area contributed by atoms with Crippen molar-refractivity contribution in [1.29, 1.82) is 0 Å². The lowest BCUT2D eigenvalue weighted by atomic mass is 10.2. The lowest BCUT2D eigenvalue weighted by molar-refractivity contribution is -0.115. The number of aliphatic imine (C=N–C) groups is 1. The van der Waals surface area contributed by atoms with Gasteiger partial charge in [0.05, 0.1) is 23.3 Å². The molecule has 0 saturated carbocycles. The van der Waals surface area contributed by atoms with Crippen LogP contribution in [0.4, 0.5) is 5.69 Å². The predicted molar refractivity (Wildman–Crippen MR) is 124 cm³/mol. The first-order valence-electron chi connectivity index (χ1n) is 9.68. The maximum absolute atomic E-state index is 12.5. The number of hydrogen-bond donors (Lipinski definition) is 1. The van der Waals surface area contributed by atoms with Crippen molar-refractivity contribution in [2.24, 2.45) is 4.99 Å². The molecule has 7 heteroatoms. The molecule has 3 aromatic rings. The van der Waals surface area contributed by atoms with Crippen molar-refractivity contribution < 1.29 is 14.3 Å². The molecule has 156 valence electrons. The summed E-state index contributed by atoms with van der Waals surface area (Å²) in [7, 11) is 1.36. The highest BCUT2D eigenvalue weighted by molar-refractivity contribution is 8.18. The topological polar surface area (TPSA) is 72.7 Å². The molecule has 1 aliphatic rings. The van der Waals surface area contributed by atoms with Gasteiger partial charge in [0.2, 0.25) is 0 Å². The summed E-state index contributed by atoms with van der Waals surface area (Å²) in [6.45, 7) is 4.01. The standard InChI is InChI=1S/C24H21N3O3S/c1-15-13-18(16(2)27(15)20-11-9-17(10-12-20)23(29)30-3)14-21-22(28)26-24(31-21)25-19-7-5-4-6-8-19/h4-14H,1-3H3,(H,25,26,28)/b21-14+. The van der Waals surface area contributed by atoms with Gasteiger partial charge in [-0.15, -0.1) is 0 Å². The Kier molecular flexibility index (Phi) is 5.77. The van der Waals surface area contributed by atoms with Gasteiger partial charge in [0, 0.05) is 17.1 Å². The smallest absolute Gasteiger partial charge is 0.337 e. The number of amidine groups is 1. The highest BCUT2D eigenvalue weighted by Gasteiger charge is 2.24. The summed E-state index contributed by atoms with van der Waals surface area (Å²) in [6, 6.07) is 18.8. The van der Waals surface area contributed by atoms with E-state index >= 15 is 0 Å². The normalized spacial score (nSPS) is 16.0. The highest BCUT2D eigenvalue weighted by Crippen LogP contribution is 2.30. The van der Waals surface area contributed by atoms with Crippen molar-refractivity contribution in [2.45, 2.75) is 13.8 Å². The molecule has 2 aromatic carbocycles. The summed E-state index contributed by atoms with van der Waals surface area (Å²) in [6.07, 6.45) is 1.88. The number of benzene rings is 2. The first kappa shape index (κ1) is 20.7. The zero-order valence-corrected chi connectivity index (χ0v) is 18.2. The zero-order chi connectivity index (χ0) is 22.0. The third kappa shape index (κ3) is 4.32. The molecule has 1 aliphatic heterocycles. The van der Waals surface area contributed by atoms with Gasteiger partial charge < -0.3 is 14.6 Å². The SMILES string of the molecule is COC(=O)c1ccc(-n2c(C)cc(/C=C3/SC(=Nc4ccccc4)NC3=O)c2C)cc1. The van der Waals surface area contributed by atoms with E-state index in [1.54, 1.807) is 12.1 Å². The molecule has 0 radical (unpaired) electrons. The van der Waals surface area contributed by atoms with Crippen LogP contribution in [0.3, 0.4) is 0 Å². The molecule has 0 atom stereocenters. The molecule has 31 heavy (non-hydrogen) atoms. The predicted octanol–water partition coefficient (Wildman–Crippen LogP) is 4.77. The maximum Gasteiger partial charge on any atom is 0.337 e. The van der Waals surface area contributed by atoms with Crippen molar-refractivity contribution in [3.05, 3.63) is 88.1 Å². The van der Waals surface area contributed by atoms with E-state index in [0.29, 0.717) is 15.6 Å². The summed E-state index contributed by atoms with van der Waals surface area (Å²) in [5.74, 6) is -0.526. The van der Waals surface area contributed by atoms with E-state index < -0.39 is 0 Å². The number of ether oxygens (including phenoxy) is 1. The lowest BCUT2D eigenvalue weighted by Crippen LogP contribution is -2.19. The van der Waals surface area contributed by atoms with E-state index in [1.165, 1.54) is 18.9 Å². The fraction of sp³-hybridized carbons (Fsp3) is 0.125. The fourth-order valence-corrected chi connectivity index (χ4v) is 4.27. The van der Waals surface area contributed by atoms with Crippen LogP contribution in [-0.2, 0) is 9.53 Å². The summed E-state index contributed by atoms with van der Waals surface area (Å²) >= 11 is 1.33. The van der Waals surface area contributed by atoms with Gasteiger partial charge in [-0.3, -0.25) is 4.79 Å². The Balaban J connectivity index is 1.61. The number of esters is 1. The summed E-state index contributed by atoms with van der Waals surface area (Å²) in [5, 5.41) is 3.39. The van der Waals surface area contributed by atoms with Crippen LogP contribution in [0.1, 0.15) is 27.3 Å². The summed E-state index contributed by atoms with van der Waals surface area (Å²) < 4.78 is 6.85. The molecule has 0 aliphatic carbocycles. The molecule has 2 heterocycles. The van der Waals surface area contributed by atoms with Gasteiger partial charge in [0.1, 0.15) is 0 Å². The minimum Gasteiger partial charge on any atom is -0.465 e. The first-order valence-corrected chi connectivity index (χ1v) is 10.5. The number of thioether (sulfide) groups is 1. The van der Waals surface area contributed by atoms with Gasteiger partial charge in [0.15, 0.2) is 5.17 Å². The largest absolute Gasteiger partial charge is 0.465 e. The van der Waals surface area contributed by atoms with Crippen LogP contribution in [0, 0.1) is 13.8 Å². The van der Waals surface area contributed by atoms with E-state index in [9.17, 15) is 9.59 Å². The van der Waals surface area contributed by atoms with Crippen LogP contribution in [0.25, 0.3) is 11.8 Å². The summed E-state index contributed by atoms with van der Waals surface area (Å²) in [5.41, 5.74) is 5.20. The van der Waals surface area contributed by atoms with E-state index in [2.05, 4.69) is 14.9 Å². The minimum atomic E-state index is -0.366. The molecule has 1 aromatic heterocycles. The monoisotopic (exact) mass is 431 g/mol. The molecule has 6 nitrogen and oxygen atoms in total. The van der Waals surface area contributed by atoms with Crippen LogP contribution < -0.4 is 5.32 Å². The molecular weight excluding hydrogens is 410 g/mol. The number of nitrogens with zero attached hydrogens (tertiary/aromatic N) is 2. The third-order valence-corrected chi connectivity index (χ3v) is 5.85. The Morgan fingerprint density at radius 3 is 2.48 bits per heavy atom. The second-order valence-electron chi connectivity index (χ2n) is 7.02. The second-order valence-corrected chi connectivity index (χ2v) is 8.05. The van der Waals surface area contributed by atoms with Gasteiger partial charge in [-0.1, -0.05) is 18.2 Å². The number of aromatic nitrogens is 1. The Labute approximate surface area is 184 Å². The van der Waals surface area contributed by atoms with E-state index in [-0.39, 0.29) is 11.9 Å². The highest BCUT2D eigenvalue weighted by atomic mass is 32.2. The van der Waals surface area contributed by atoms with Gasteiger partial charge >= 0.3 is 5.97 Å². The first-order chi connectivity index (χ1) is 15.0. The Morgan fingerprint density at radius 2 is 1.81 bits per heavy atom. The number of rotatable bonds is 4. The molecule has 4 rings (SSSR count). The van der Waals surface area contributed by atoms with Crippen molar-refractivity contribution in [1.82, 2.24) is 9.88 Å².